The van der Waals surface area contributed by atoms with Crippen molar-refractivity contribution in [1.29, 1.82) is 0 Å². The zero-order valence-corrected chi connectivity index (χ0v) is 12.8. The van der Waals surface area contributed by atoms with Crippen molar-refractivity contribution in [1.82, 2.24) is 10.6 Å². The summed E-state index contributed by atoms with van der Waals surface area (Å²) in [6.45, 7) is 0. The van der Waals surface area contributed by atoms with Gasteiger partial charge in [-0.15, -0.1) is 0 Å². The molecule has 0 radical (unpaired) electrons. The number of carboxylic acids is 1. The molecular weight excluding hydrogens is 288 g/mol. The van der Waals surface area contributed by atoms with Crippen LogP contribution in [0.5, 0.6) is 0 Å². The number of carboxylic acid groups (broad SMARTS) is 1. The smallest absolute Gasteiger partial charge is 0.326 e. The maximum atomic E-state index is 11.9. The van der Waals surface area contributed by atoms with E-state index in [-0.39, 0.29) is 6.04 Å². The highest BCUT2D eigenvalue weighted by atomic mass is 32.2. The molecule has 0 unspecified atom stereocenters. The quantitative estimate of drug-likeness (QED) is 0.747. The van der Waals surface area contributed by atoms with E-state index in [0.717, 1.165) is 12.8 Å². The highest BCUT2D eigenvalue weighted by Crippen LogP contribution is 2.21. The lowest BCUT2D eigenvalue weighted by Crippen LogP contribution is -2.49. The first-order chi connectivity index (χ1) is 10.1. The van der Waals surface area contributed by atoms with Gasteiger partial charge in [0, 0.05) is 6.04 Å². The topological polar surface area (TPSA) is 78.4 Å². The van der Waals surface area contributed by atoms with Crippen LogP contribution in [0.2, 0.25) is 0 Å². The molecule has 0 heterocycles. The molecule has 114 valence electrons. The predicted molar refractivity (Wildman–Crippen MR) is 83.7 cm³/mol. The Morgan fingerprint density at radius 1 is 1.33 bits per heavy atom. The number of fused-ring (bicyclic) bond motifs is 1. The Morgan fingerprint density at radius 2 is 1.95 bits per heavy atom. The third-order valence-corrected chi connectivity index (χ3v) is 4.24. The summed E-state index contributed by atoms with van der Waals surface area (Å²) >= 11 is 1.56. The predicted octanol–water partition coefficient (Wildman–Crippen LogP) is 1.66. The standard InChI is InChI=1S/C15H20N2O3S/c1-21-7-6-13(14(18)19)17-15(20)16-12-8-10-4-2-3-5-11(10)9-12/h2-5,12-13H,6-9H2,1H3,(H,18,19)(H2,16,17,20)/t13-/m1/s1. The van der Waals surface area contributed by atoms with Crippen molar-refractivity contribution in [2.24, 2.45) is 0 Å². The second kappa shape index (κ2) is 7.36. The van der Waals surface area contributed by atoms with Gasteiger partial charge in [-0.2, -0.15) is 11.8 Å². The normalized spacial score (nSPS) is 15.3. The Kier molecular flexibility index (Phi) is 5.50. The van der Waals surface area contributed by atoms with E-state index < -0.39 is 18.0 Å². The molecule has 1 aromatic carbocycles. The Labute approximate surface area is 128 Å². The first kappa shape index (κ1) is 15.7. The third-order valence-electron chi connectivity index (χ3n) is 3.60. The minimum absolute atomic E-state index is 0.0393. The van der Waals surface area contributed by atoms with Crippen LogP contribution in [0, 0.1) is 0 Å². The number of hydrogen-bond acceptors (Lipinski definition) is 3. The molecule has 1 aromatic rings. The van der Waals surface area contributed by atoms with Gasteiger partial charge in [-0.3, -0.25) is 0 Å². The molecule has 0 saturated heterocycles. The van der Waals surface area contributed by atoms with Crippen molar-refractivity contribution in [2.45, 2.75) is 31.3 Å². The van der Waals surface area contributed by atoms with Crippen LogP contribution in [0.1, 0.15) is 17.5 Å². The highest BCUT2D eigenvalue weighted by molar-refractivity contribution is 7.98. The monoisotopic (exact) mass is 308 g/mol. The van der Waals surface area contributed by atoms with Crippen molar-refractivity contribution < 1.29 is 14.7 Å². The largest absolute Gasteiger partial charge is 0.480 e. The van der Waals surface area contributed by atoms with Crippen LogP contribution in [0.25, 0.3) is 0 Å². The number of amides is 2. The second-order valence-electron chi connectivity index (χ2n) is 5.16. The average molecular weight is 308 g/mol. The Morgan fingerprint density at radius 3 is 2.48 bits per heavy atom. The fraction of sp³-hybridized carbons (Fsp3) is 0.467. The molecule has 0 bridgehead atoms. The second-order valence-corrected chi connectivity index (χ2v) is 6.15. The maximum Gasteiger partial charge on any atom is 0.326 e. The van der Waals surface area contributed by atoms with E-state index >= 15 is 0 Å². The van der Waals surface area contributed by atoms with Crippen molar-refractivity contribution in [3.05, 3.63) is 35.4 Å². The summed E-state index contributed by atoms with van der Waals surface area (Å²) < 4.78 is 0. The molecule has 0 fully saturated rings. The van der Waals surface area contributed by atoms with Crippen LogP contribution in [-0.4, -0.2) is 41.2 Å². The lowest BCUT2D eigenvalue weighted by Gasteiger charge is -2.17. The van der Waals surface area contributed by atoms with Gasteiger partial charge in [-0.1, -0.05) is 24.3 Å². The van der Waals surface area contributed by atoms with Gasteiger partial charge in [-0.05, 0) is 42.4 Å². The van der Waals surface area contributed by atoms with E-state index in [1.54, 1.807) is 11.8 Å². The minimum Gasteiger partial charge on any atom is -0.480 e. The zero-order chi connectivity index (χ0) is 15.2. The van der Waals surface area contributed by atoms with E-state index in [4.69, 9.17) is 5.11 Å². The molecule has 3 N–H and O–H groups in total. The first-order valence-corrected chi connectivity index (χ1v) is 8.35. The number of nitrogens with one attached hydrogen (secondary N) is 2. The van der Waals surface area contributed by atoms with E-state index in [0.29, 0.717) is 12.2 Å². The molecule has 0 saturated carbocycles. The third kappa shape index (κ3) is 4.39. The van der Waals surface area contributed by atoms with Gasteiger partial charge in [0.05, 0.1) is 0 Å². The highest BCUT2D eigenvalue weighted by Gasteiger charge is 2.24. The molecular formula is C15H20N2O3S. The van der Waals surface area contributed by atoms with Gasteiger partial charge < -0.3 is 15.7 Å². The molecule has 1 atom stereocenters. The Bertz CT molecular complexity index is 496. The SMILES string of the molecule is CSCC[C@@H](NC(=O)NC1Cc2ccccc2C1)C(=O)O. The van der Waals surface area contributed by atoms with E-state index in [9.17, 15) is 9.59 Å². The van der Waals surface area contributed by atoms with Crippen molar-refractivity contribution in [3.8, 4) is 0 Å². The fourth-order valence-corrected chi connectivity index (χ4v) is 3.01. The molecule has 21 heavy (non-hydrogen) atoms. The summed E-state index contributed by atoms with van der Waals surface area (Å²) in [5.41, 5.74) is 2.50. The van der Waals surface area contributed by atoms with E-state index in [1.165, 1.54) is 11.1 Å². The van der Waals surface area contributed by atoms with Gasteiger partial charge in [-0.25, -0.2) is 9.59 Å². The lowest BCUT2D eigenvalue weighted by molar-refractivity contribution is -0.139. The summed E-state index contributed by atoms with van der Waals surface area (Å²) in [6, 6.07) is 6.91. The number of carbonyl (C=O) groups is 2. The van der Waals surface area contributed by atoms with Crippen molar-refractivity contribution in [2.75, 3.05) is 12.0 Å². The van der Waals surface area contributed by atoms with Gasteiger partial charge >= 0.3 is 12.0 Å². The van der Waals surface area contributed by atoms with Gasteiger partial charge in [0.2, 0.25) is 0 Å². The van der Waals surface area contributed by atoms with Crippen LogP contribution in [0.4, 0.5) is 4.79 Å². The van der Waals surface area contributed by atoms with Crippen LogP contribution < -0.4 is 10.6 Å². The molecule has 0 aliphatic heterocycles. The molecule has 0 aromatic heterocycles. The number of aliphatic carboxylic acids is 1. The number of rotatable bonds is 6. The number of thioether (sulfide) groups is 1. The molecule has 2 rings (SSSR count). The number of benzene rings is 1. The molecule has 1 aliphatic carbocycles. The summed E-state index contributed by atoms with van der Waals surface area (Å²) in [5.74, 6) is -0.291. The Hall–Kier alpha value is -1.69. The summed E-state index contributed by atoms with van der Waals surface area (Å²) in [6.07, 6.45) is 3.93. The Balaban J connectivity index is 1.83. The average Bonchev–Trinajstić information content (AvgIpc) is 2.85. The maximum absolute atomic E-state index is 11.9. The van der Waals surface area contributed by atoms with E-state index in [2.05, 4.69) is 22.8 Å². The minimum atomic E-state index is -0.992. The fourth-order valence-electron chi connectivity index (χ4n) is 2.54. The summed E-state index contributed by atoms with van der Waals surface area (Å²) in [7, 11) is 0. The lowest BCUT2D eigenvalue weighted by atomic mass is 10.1. The molecule has 1 aliphatic rings. The van der Waals surface area contributed by atoms with Gasteiger partial charge in [0.1, 0.15) is 6.04 Å². The zero-order valence-electron chi connectivity index (χ0n) is 12.0. The molecule has 2 amide bonds. The van der Waals surface area contributed by atoms with Crippen LogP contribution >= 0.6 is 11.8 Å². The van der Waals surface area contributed by atoms with Crippen LogP contribution in [-0.2, 0) is 17.6 Å². The van der Waals surface area contributed by atoms with Crippen molar-refractivity contribution >= 4 is 23.8 Å². The molecule has 0 spiro atoms. The molecule has 6 heteroatoms. The molecule has 5 nitrogen and oxygen atoms in total. The van der Waals surface area contributed by atoms with Gasteiger partial charge in [0.15, 0.2) is 0 Å². The van der Waals surface area contributed by atoms with Crippen LogP contribution in [0.3, 0.4) is 0 Å². The number of hydrogen-bond donors (Lipinski definition) is 3. The summed E-state index contributed by atoms with van der Waals surface area (Å²) in [5, 5.41) is 14.5. The van der Waals surface area contributed by atoms with Crippen LogP contribution in [0.15, 0.2) is 24.3 Å². The van der Waals surface area contributed by atoms with Crippen molar-refractivity contribution in [3.63, 3.8) is 0 Å². The number of carbonyl (C=O) groups excluding carboxylic acids is 1. The number of urea groups is 1. The summed E-state index contributed by atoms with van der Waals surface area (Å²) in [4.78, 5) is 23.0. The van der Waals surface area contributed by atoms with Gasteiger partial charge in [0.25, 0.3) is 0 Å². The first-order valence-electron chi connectivity index (χ1n) is 6.95. The van der Waals surface area contributed by atoms with E-state index in [1.807, 2.05) is 18.4 Å².